The van der Waals surface area contributed by atoms with Crippen LogP contribution in [0.25, 0.3) is 0 Å². The number of aliphatic imine (C=N–C) groups is 2. The highest BCUT2D eigenvalue weighted by Crippen LogP contribution is 2.16. The Bertz CT molecular complexity index is 406. The van der Waals surface area contributed by atoms with E-state index in [0.29, 0.717) is 0 Å². The topological polar surface area (TPSA) is 80.0 Å². The largest absolute Gasteiger partial charge is 0.368 e. The third kappa shape index (κ3) is 1.97. The van der Waals surface area contributed by atoms with Crippen molar-refractivity contribution in [1.29, 1.82) is 0 Å². The molecule has 1 aliphatic heterocycles. The van der Waals surface area contributed by atoms with Crippen LogP contribution in [-0.4, -0.2) is 18.6 Å². The molecule has 0 radical (unpaired) electrons. The number of benzene rings is 1. The number of hydrogen-bond acceptors (Lipinski definition) is 5. The van der Waals surface area contributed by atoms with Gasteiger partial charge >= 0.3 is 0 Å². The lowest BCUT2D eigenvalue weighted by atomic mass is 10.2. The van der Waals surface area contributed by atoms with Crippen LogP contribution in [0.3, 0.4) is 0 Å². The van der Waals surface area contributed by atoms with Gasteiger partial charge in [-0.25, -0.2) is 9.98 Å². The van der Waals surface area contributed by atoms with Gasteiger partial charge in [-0.1, -0.05) is 17.7 Å². The second-order valence-electron chi connectivity index (χ2n) is 3.39. The summed E-state index contributed by atoms with van der Waals surface area (Å²) in [4.78, 5) is 9.63. The third-order valence-corrected chi connectivity index (χ3v) is 2.20. The zero-order valence-corrected chi connectivity index (χ0v) is 8.46. The molecule has 2 rings (SSSR count). The fourth-order valence-corrected chi connectivity index (χ4v) is 1.36. The van der Waals surface area contributed by atoms with Crippen molar-refractivity contribution in [2.45, 2.75) is 13.2 Å². The van der Waals surface area contributed by atoms with Gasteiger partial charge < -0.3 is 5.73 Å². The number of guanidine groups is 1. The Morgan fingerprint density at radius 2 is 1.93 bits per heavy atom. The first-order chi connectivity index (χ1) is 7.16. The van der Waals surface area contributed by atoms with Gasteiger partial charge in [0.05, 0.1) is 0 Å². The first-order valence-electron chi connectivity index (χ1n) is 4.65. The molecule has 4 N–H and O–H groups in total. The molecule has 1 aromatic rings. The van der Waals surface area contributed by atoms with Crippen LogP contribution >= 0.6 is 0 Å². The highest BCUT2D eigenvalue weighted by atomic mass is 15.4. The maximum atomic E-state index is 5.81. The summed E-state index contributed by atoms with van der Waals surface area (Å²) in [6.07, 6.45) is 1.10. The number of rotatable bonds is 1. The summed E-state index contributed by atoms with van der Waals surface area (Å²) in [5, 5.41) is 0. The Kier molecular flexibility index (Phi) is 2.39. The predicted octanol–water partition coefficient (Wildman–Crippen LogP) is 0.400. The van der Waals surface area contributed by atoms with E-state index >= 15 is 0 Å². The fourth-order valence-electron chi connectivity index (χ4n) is 1.36. The first kappa shape index (κ1) is 9.67. The van der Waals surface area contributed by atoms with E-state index in [2.05, 4.69) is 9.98 Å². The van der Waals surface area contributed by atoms with Crippen LogP contribution in [-0.2, 0) is 0 Å². The molecule has 0 aliphatic carbocycles. The minimum atomic E-state index is -0.495. The molecule has 1 aromatic carbocycles. The number of aryl methyl sites for hydroxylation is 1. The second-order valence-corrected chi connectivity index (χ2v) is 3.39. The summed E-state index contributed by atoms with van der Waals surface area (Å²) in [6, 6.07) is 7.96. The van der Waals surface area contributed by atoms with Gasteiger partial charge in [-0.3, -0.25) is 10.6 Å². The lowest BCUT2D eigenvalue weighted by Gasteiger charge is -2.26. The molecular weight excluding hydrogens is 190 g/mol. The SMILES string of the molecule is Cc1ccc(N2C=NC(N)=NC2N)cc1. The smallest absolute Gasteiger partial charge is 0.220 e. The predicted molar refractivity (Wildman–Crippen MR) is 61.7 cm³/mol. The number of hydrogen-bond donors (Lipinski definition) is 2. The summed E-state index contributed by atoms with van der Waals surface area (Å²) in [5.41, 5.74) is 13.4. The molecule has 1 heterocycles. The fraction of sp³-hybridized carbons (Fsp3) is 0.200. The Labute approximate surface area is 88.1 Å². The van der Waals surface area contributed by atoms with Crippen molar-refractivity contribution in [3.63, 3.8) is 0 Å². The van der Waals surface area contributed by atoms with E-state index in [1.165, 1.54) is 5.56 Å². The van der Waals surface area contributed by atoms with Crippen LogP contribution in [0.1, 0.15) is 5.56 Å². The molecule has 0 spiro atoms. The lowest BCUT2D eigenvalue weighted by Crippen LogP contribution is -2.44. The van der Waals surface area contributed by atoms with Gasteiger partial charge in [-0.2, -0.15) is 0 Å². The van der Waals surface area contributed by atoms with Crippen LogP contribution in [0.5, 0.6) is 0 Å². The van der Waals surface area contributed by atoms with Gasteiger partial charge in [0.1, 0.15) is 6.34 Å². The first-order valence-corrected chi connectivity index (χ1v) is 4.65. The summed E-state index contributed by atoms with van der Waals surface area (Å²) in [5.74, 6) is 0.214. The highest BCUT2D eigenvalue weighted by molar-refractivity contribution is 5.94. The third-order valence-electron chi connectivity index (χ3n) is 2.20. The van der Waals surface area contributed by atoms with E-state index in [1.54, 1.807) is 11.2 Å². The van der Waals surface area contributed by atoms with E-state index in [9.17, 15) is 0 Å². The molecule has 1 unspecified atom stereocenters. The standard InChI is InChI=1S/C10H13N5/c1-7-2-4-8(5-3-7)15-6-13-9(11)14-10(15)12/h2-6,10H,12H2,1H3,(H2,11,14). The van der Waals surface area contributed by atoms with E-state index < -0.39 is 6.29 Å². The molecule has 0 saturated carbocycles. The van der Waals surface area contributed by atoms with Crippen LogP contribution in [0.4, 0.5) is 5.69 Å². The second kappa shape index (κ2) is 3.70. The average Bonchev–Trinajstić information content (AvgIpc) is 2.20. The monoisotopic (exact) mass is 203 g/mol. The minimum absolute atomic E-state index is 0.214. The Hall–Kier alpha value is -1.88. The number of anilines is 1. The van der Waals surface area contributed by atoms with E-state index in [4.69, 9.17) is 11.5 Å². The van der Waals surface area contributed by atoms with Crippen LogP contribution in [0.15, 0.2) is 34.3 Å². The zero-order valence-electron chi connectivity index (χ0n) is 8.46. The Balaban J connectivity index is 2.26. The van der Waals surface area contributed by atoms with Gasteiger partial charge in [0.25, 0.3) is 0 Å². The number of nitrogens with two attached hydrogens (primary N) is 2. The van der Waals surface area contributed by atoms with Gasteiger partial charge in [0.2, 0.25) is 5.96 Å². The molecule has 78 valence electrons. The lowest BCUT2D eigenvalue weighted by molar-refractivity contribution is 0.729. The van der Waals surface area contributed by atoms with Crippen molar-refractivity contribution < 1.29 is 0 Å². The summed E-state index contributed by atoms with van der Waals surface area (Å²) in [7, 11) is 0. The van der Waals surface area contributed by atoms with Crippen molar-refractivity contribution in [2.75, 3.05) is 4.90 Å². The molecular formula is C10H13N5. The Morgan fingerprint density at radius 3 is 2.53 bits per heavy atom. The average molecular weight is 203 g/mol. The molecule has 5 heteroatoms. The van der Waals surface area contributed by atoms with Crippen LogP contribution in [0.2, 0.25) is 0 Å². The molecule has 0 bridgehead atoms. The minimum Gasteiger partial charge on any atom is -0.368 e. The quantitative estimate of drug-likeness (QED) is 0.693. The van der Waals surface area contributed by atoms with Crippen LogP contribution < -0.4 is 16.4 Å². The van der Waals surface area contributed by atoms with Crippen LogP contribution in [0, 0.1) is 6.92 Å². The molecule has 0 aromatic heterocycles. The van der Waals surface area contributed by atoms with Crippen molar-refractivity contribution >= 4 is 18.0 Å². The van der Waals surface area contributed by atoms with Crippen molar-refractivity contribution in [2.24, 2.45) is 21.5 Å². The molecule has 1 atom stereocenters. The maximum Gasteiger partial charge on any atom is 0.220 e. The van der Waals surface area contributed by atoms with Gasteiger partial charge in [0, 0.05) is 5.69 Å². The molecule has 0 saturated heterocycles. The Morgan fingerprint density at radius 1 is 1.27 bits per heavy atom. The summed E-state index contributed by atoms with van der Waals surface area (Å²) in [6.45, 7) is 2.03. The highest BCUT2D eigenvalue weighted by Gasteiger charge is 2.15. The molecule has 15 heavy (non-hydrogen) atoms. The van der Waals surface area contributed by atoms with E-state index in [0.717, 1.165) is 5.69 Å². The maximum absolute atomic E-state index is 5.81. The molecule has 0 amide bonds. The summed E-state index contributed by atoms with van der Waals surface area (Å²) >= 11 is 0. The van der Waals surface area contributed by atoms with Crippen molar-refractivity contribution in [3.8, 4) is 0 Å². The van der Waals surface area contributed by atoms with E-state index in [-0.39, 0.29) is 5.96 Å². The molecule has 0 fully saturated rings. The summed E-state index contributed by atoms with van der Waals surface area (Å²) < 4.78 is 0. The molecule has 5 nitrogen and oxygen atoms in total. The molecule has 1 aliphatic rings. The van der Waals surface area contributed by atoms with Gasteiger partial charge in [-0.05, 0) is 19.1 Å². The normalized spacial score (nSPS) is 20.3. The van der Waals surface area contributed by atoms with Crippen molar-refractivity contribution in [3.05, 3.63) is 29.8 Å². The van der Waals surface area contributed by atoms with Gasteiger partial charge in [-0.15, -0.1) is 0 Å². The zero-order chi connectivity index (χ0) is 10.8. The number of nitrogens with zero attached hydrogens (tertiary/aromatic N) is 3. The van der Waals surface area contributed by atoms with Crippen molar-refractivity contribution in [1.82, 2.24) is 0 Å². The van der Waals surface area contributed by atoms with E-state index in [1.807, 2.05) is 31.2 Å². The van der Waals surface area contributed by atoms with Gasteiger partial charge in [0.15, 0.2) is 6.29 Å².